The smallest absolute Gasteiger partial charge is 0.549 e. The number of carboxylic acid groups (broad SMARTS) is 5. The fourth-order valence-electron chi connectivity index (χ4n) is 3.28. The first-order valence-electron chi connectivity index (χ1n) is 10.8. The van der Waals surface area contributed by atoms with E-state index in [1.54, 1.807) is 30.3 Å². The SMILES string of the molecule is O.O.O.O=C([O-])CN(CCN(CC(=O)[O-])CC(=O)[O-])CCN(CC(=O)[O-])[C@@H](COCc1ccccc1)C(=O)[O-].[Eu+3].[Na+].[Na+]. The molecule has 0 radical (unpaired) electrons. The minimum absolute atomic E-state index is 0. The summed E-state index contributed by atoms with van der Waals surface area (Å²) in [6.45, 7) is -4.27. The van der Waals surface area contributed by atoms with E-state index in [1.165, 1.54) is 4.90 Å². The van der Waals surface area contributed by atoms with Gasteiger partial charge in [0, 0.05) is 52.4 Å². The van der Waals surface area contributed by atoms with Gasteiger partial charge in [0.05, 0.1) is 49.1 Å². The first kappa shape index (κ1) is 54.4. The minimum atomic E-state index is -1.62. The molecule has 1 aromatic carbocycles. The van der Waals surface area contributed by atoms with E-state index >= 15 is 0 Å². The molecule has 0 aliphatic carbocycles. The van der Waals surface area contributed by atoms with Crippen molar-refractivity contribution in [2.45, 2.75) is 12.6 Å². The molecule has 1 aromatic rings. The Labute approximate surface area is 327 Å². The Morgan fingerprint density at radius 3 is 1.48 bits per heavy atom. The molecule has 0 spiro atoms. The van der Waals surface area contributed by atoms with Crippen LogP contribution in [0.2, 0.25) is 0 Å². The van der Waals surface area contributed by atoms with Crippen LogP contribution in [0.25, 0.3) is 0 Å². The van der Waals surface area contributed by atoms with Crippen LogP contribution >= 0.6 is 0 Å². The van der Waals surface area contributed by atoms with Gasteiger partial charge in [-0.25, -0.2) is 0 Å². The summed E-state index contributed by atoms with van der Waals surface area (Å²) in [5.41, 5.74) is 0.749. The summed E-state index contributed by atoms with van der Waals surface area (Å²) in [6, 6.07) is 7.27. The first-order chi connectivity index (χ1) is 17.0. The number of carboxylic acids is 5. The van der Waals surface area contributed by atoms with Crippen molar-refractivity contribution in [3.8, 4) is 0 Å². The molecule has 0 amide bonds. The number of rotatable bonds is 20. The van der Waals surface area contributed by atoms with Gasteiger partial charge in [0.25, 0.3) is 0 Å². The van der Waals surface area contributed by atoms with Gasteiger partial charge in [-0.05, 0) is 5.56 Å². The number of benzene rings is 1. The molecule has 0 bridgehead atoms. The van der Waals surface area contributed by atoms with E-state index in [4.69, 9.17) is 4.74 Å². The van der Waals surface area contributed by atoms with Crippen molar-refractivity contribution in [2.24, 2.45) is 0 Å². The molecular weight excluding hydrogens is 728 g/mol. The van der Waals surface area contributed by atoms with Crippen LogP contribution in [0.15, 0.2) is 30.3 Å². The number of ether oxygens (including phenoxy) is 1. The van der Waals surface area contributed by atoms with Gasteiger partial charge in [-0.15, -0.1) is 0 Å². The molecular formula is C22H32EuN3Na2O14. The normalized spacial score (nSPS) is 10.4. The van der Waals surface area contributed by atoms with Crippen LogP contribution in [0.3, 0.4) is 0 Å². The zero-order chi connectivity index (χ0) is 27.1. The molecule has 0 unspecified atom stereocenters. The molecule has 17 nitrogen and oxygen atoms in total. The van der Waals surface area contributed by atoms with Gasteiger partial charge < -0.3 is 70.7 Å². The summed E-state index contributed by atoms with van der Waals surface area (Å²) in [5, 5.41) is 55.7. The number of hydrogen-bond donors (Lipinski definition) is 0. The van der Waals surface area contributed by atoms with E-state index in [0.717, 1.165) is 15.4 Å². The Kier molecular flexibility index (Phi) is 40.0. The largest absolute Gasteiger partial charge is 3.00 e. The van der Waals surface area contributed by atoms with Crippen molar-refractivity contribution >= 4 is 29.8 Å². The van der Waals surface area contributed by atoms with E-state index < -0.39 is 68.7 Å². The average molecular weight is 760 g/mol. The van der Waals surface area contributed by atoms with Crippen molar-refractivity contribution in [2.75, 3.05) is 59.0 Å². The third-order valence-corrected chi connectivity index (χ3v) is 4.93. The van der Waals surface area contributed by atoms with E-state index in [9.17, 15) is 49.5 Å². The van der Waals surface area contributed by atoms with Crippen molar-refractivity contribution in [3.63, 3.8) is 0 Å². The van der Waals surface area contributed by atoms with Gasteiger partial charge in [0.2, 0.25) is 0 Å². The summed E-state index contributed by atoms with van der Waals surface area (Å²) in [5.74, 6) is -7.85. The average Bonchev–Trinajstić information content (AvgIpc) is 2.76. The molecule has 0 heterocycles. The maximum atomic E-state index is 11.7. The molecule has 42 heavy (non-hydrogen) atoms. The summed E-state index contributed by atoms with van der Waals surface area (Å²) >= 11 is 0. The van der Waals surface area contributed by atoms with E-state index in [-0.39, 0.29) is 158 Å². The van der Waals surface area contributed by atoms with Crippen molar-refractivity contribution in [3.05, 3.63) is 35.9 Å². The third kappa shape index (κ3) is 26.3. The van der Waals surface area contributed by atoms with Gasteiger partial charge in [-0.2, -0.15) is 0 Å². The number of carbonyl (C=O) groups is 5. The zero-order valence-electron chi connectivity index (χ0n) is 23.2. The first-order valence-corrected chi connectivity index (χ1v) is 10.8. The van der Waals surface area contributed by atoms with Crippen molar-refractivity contribution in [1.29, 1.82) is 0 Å². The summed E-state index contributed by atoms with van der Waals surface area (Å²) in [4.78, 5) is 58.8. The Hall–Kier alpha value is -0.126. The Morgan fingerprint density at radius 2 is 1.05 bits per heavy atom. The molecule has 6 N–H and O–H groups in total. The van der Waals surface area contributed by atoms with Crippen LogP contribution in [0.1, 0.15) is 5.56 Å². The Balaban J connectivity index is -0.000000540. The quantitative estimate of drug-likeness (QED) is 0.112. The molecule has 0 fully saturated rings. The molecule has 1 atom stereocenters. The van der Waals surface area contributed by atoms with Crippen LogP contribution in [-0.2, 0) is 35.3 Å². The van der Waals surface area contributed by atoms with Gasteiger partial charge in [0.15, 0.2) is 0 Å². The van der Waals surface area contributed by atoms with Crippen LogP contribution in [0.5, 0.6) is 0 Å². The molecule has 1 rings (SSSR count). The molecule has 0 aliphatic heterocycles. The van der Waals surface area contributed by atoms with Gasteiger partial charge in [-0.1, -0.05) is 30.3 Å². The molecule has 0 aliphatic rings. The third-order valence-electron chi connectivity index (χ3n) is 4.93. The number of hydrogen-bond acceptors (Lipinski definition) is 14. The Bertz CT molecular complexity index is 888. The predicted molar refractivity (Wildman–Crippen MR) is 120 cm³/mol. The van der Waals surface area contributed by atoms with Crippen LogP contribution < -0.4 is 84.6 Å². The maximum absolute atomic E-state index is 11.7. The summed E-state index contributed by atoms with van der Waals surface area (Å²) < 4.78 is 5.41. The van der Waals surface area contributed by atoms with Crippen LogP contribution in [-0.4, -0.2) is 126 Å². The summed E-state index contributed by atoms with van der Waals surface area (Å²) in [7, 11) is 0. The van der Waals surface area contributed by atoms with E-state index in [0.29, 0.717) is 0 Å². The fourth-order valence-corrected chi connectivity index (χ4v) is 3.28. The standard InChI is InChI=1S/C22H31N3O11.Eu.2Na.3H2O/c26-18(27)10-23(6-7-24(11-19(28)29)12-20(30)31)8-9-25(13-21(32)33)17(22(34)35)15-36-14-16-4-2-1-3-5-16;;;;;;/h1-5,17H,6-15H2,(H,26,27)(H,28,29)(H,30,31)(H,32,33)(H,34,35);;;;3*1H2/q;+3;2*+1;;;/p-5/t17-;;;;;;/m0....../s1. The minimum Gasteiger partial charge on any atom is -0.549 e. The van der Waals surface area contributed by atoms with Crippen LogP contribution in [0.4, 0.5) is 0 Å². The fraction of sp³-hybridized carbons (Fsp3) is 0.500. The van der Waals surface area contributed by atoms with E-state index in [2.05, 4.69) is 0 Å². The van der Waals surface area contributed by atoms with Gasteiger partial charge >= 0.3 is 108 Å². The number of carbonyl (C=O) groups excluding carboxylic acids is 5. The number of aliphatic carboxylic acids is 5. The van der Waals surface area contributed by atoms with Crippen LogP contribution in [0, 0.1) is 49.4 Å². The second-order valence-electron chi connectivity index (χ2n) is 7.78. The van der Waals surface area contributed by atoms with Gasteiger partial charge in [0.1, 0.15) is 0 Å². The number of nitrogens with zero attached hydrogens (tertiary/aromatic N) is 3. The molecule has 0 saturated heterocycles. The summed E-state index contributed by atoms with van der Waals surface area (Å²) in [6.07, 6.45) is 0. The predicted octanol–water partition coefficient (Wildman–Crippen LogP) is -16.2. The maximum Gasteiger partial charge on any atom is 3.00 e. The molecule has 20 heteroatoms. The second kappa shape index (κ2) is 30.9. The monoisotopic (exact) mass is 761 g/mol. The molecule has 228 valence electrons. The topological polar surface area (TPSA) is 314 Å². The molecule has 0 saturated carbocycles. The Morgan fingerprint density at radius 1 is 0.643 bits per heavy atom. The molecule has 0 aromatic heterocycles. The van der Waals surface area contributed by atoms with Gasteiger partial charge in [-0.3, -0.25) is 14.7 Å². The van der Waals surface area contributed by atoms with Crippen molar-refractivity contribution < 1.29 is 179 Å². The zero-order valence-corrected chi connectivity index (χ0v) is 29.7. The second-order valence-corrected chi connectivity index (χ2v) is 7.78. The van der Waals surface area contributed by atoms with Crippen molar-refractivity contribution in [1.82, 2.24) is 14.7 Å². The van der Waals surface area contributed by atoms with E-state index in [1.807, 2.05) is 0 Å².